The molecule has 20 heavy (non-hydrogen) atoms. The number of carbonyl (C=O) groups is 1. The van der Waals surface area contributed by atoms with Crippen LogP contribution in [0.3, 0.4) is 0 Å². The highest BCUT2D eigenvalue weighted by molar-refractivity contribution is 7.99. The van der Waals surface area contributed by atoms with E-state index >= 15 is 0 Å². The number of nitrogens with zero attached hydrogens (tertiary/aromatic N) is 3. The number of hydrogen-bond donors (Lipinski definition) is 3. The molecule has 2 aromatic heterocycles. The number of aromatic nitrogens is 4. The number of imidazole rings is 1. The predicted molar refractivity (Wildman–Crippen MR) is 74.2 cm³/mol. The Morgan fingerprint density at radius 3 is 3.00 bits per heavy atom. The molecule has 0 unspecified atom stereocenters. The Kier molecular flexibility index (Phi) is 3.25. The molecule has 0 aliphatic heterocycles. The fraction of sp³-hybridized carbons (Fsp3) is 0.0909. The summed E-state index contributed by atoms with van der Waals surface area (Å²) in [6.45, 7) is 0. The van der Waals surface area contributed by atoms with Gasteiger partial charge in [0.25, 0.3) is 0 Å². The van der Waals surface area contributed by atoms with Crippen LogP contribution in [0.25, 0.3) is 11.0 Å². The van der Waals surface area contributed by atoms with Crippen LogP contribution in [0, 0.1) is 0 Å². The molecular weight excluding hydrogens is 280 g/mol. The zero-order valence-electron chi connectivity index (χ0n) is 10.2. The summed E-state index contributed by atoms with van der Waals surface area (Å²) in [6.07, 6.45) is 0. The van der Waals surface area contributed by atoms with Crippen molar-refractivity contribution in [1.29, 1.82) is 0 Å². The maximum atomic E-state index is 11.7. The first kappa shape index (κ1) is 12.5. The molecule has 3 rings (SSSR count). The van der Waals surface area contributed by atoms with Crippen molar-refractivity contribution in [1.82, 2.24) is 20.3 Å². The van der Waals surface area contributed by atoms with Gasteiger partial charge in [-0.15, -0.1) is 0 Å². The smallest absolute Gasteiger partial charge is 0.236 e. The molecule has 1 amide bonds. The number of H-pyrrole nitrogens is 1. The number of para-hydroxylation sites is 2. The average Bonchev–Trinajstić information content (AvgIpc) is 3.03. The number of aromatic amines is 1. The maximum absolute atomic E-state index is 11.7. The van der Waals surface area contributed by atoms with Crippen LogP contribution in [0.15, 0.2) is 34.1 Å². The topological polar surface area (TPSA) is 123 Å². The summed E-state index contributed by atoms with van der Waals surface area (Å²) in [5.41, 5.74) is 7.23. The first-order valence-electron chi connectivity index (χ1n) is 5.68. The second-order valence-corrected chi connectivity index (χ2v) is 4.86. The van der Waals surface area contributed by atoms with Crippen molar-refractivity contribution in [3.63, 3.8) is 0 Å². The predicted octanol–water partition coefficient (Wildman–Crippen LogP) is 1.26. The molecule has 2 heterocycles. The lowest BCUT2D eigenvalue weighted by molar-refractivity contribution is -0.113. The van der Waals surface area contributed by atoms with Gasteiger partial charge in [0, 0.05) is 0 Å². The zero-order chi connectivity index (χ0) is 13.9. The molecule has 0 atom stereocenters. The van der Waals surface area contributed by atoms with Crippen molar-refractivity contribution < 1.29 is 9.42 Å². The van der Waals surface area contributed by atoms with E-state index in [4.69, 9.17) is 5.73 Å². The van der Waals surface area contributed by atoms with E-state index in [-0.39, 0.29) is 23.3 Å². The number of carbonyl (C=O) groups excluding carboxylic acids is 1. The van der Waals surface area contributed by atoms with Crippen LogP contribution in [0.2, 0.25) is 0 Å². The van der Waals surface area contributed by atoms with Gasteiger partial charge < -0.3 is 16.0 Å². The molecule has 0 aliphatic rings. The Bertz CT molecular complexity index is 719. The Hall–Kier alpha value is -2.55. The third-order valence-electron chi connectivity index (χ3n) is 2.48. The van der Waals surface area contributed by atoms with E-state index in [1.54, 1.807) is 0 Å². The molecule has 0 spiro atoms. The number of nitrogens with one attached hydrogen (secondary N) is 2. The highest BCUT2D eigenvalue weighted by atomic mass is 32.2. The zero-order valence-corrected chi connectivity index (χ0v) is 11.0. The summed E-state index contributed by atoms with van der Waals surface area (Å²) < 4.78 is 4.38. The van der Waals surface area contributed by atoms with Gasteiger partial charge in [0.2, 0.25) is 17.5 Å². The minimum Gasteiger partial charge on any atom is -0.378 e. The van der Waals surface area contributed by atoms with E-state index in [0.29, 0.717) is 5.16 Å². The SMILES string of the molecule is Nc1nonc1NC(=O)CSc1nc2ccccc2[nH]1. The molecular formula is C11H10N6O2S. The van der Waals surface area contributed by atoms with Crippen LogP contribution < -0.4 is 11.1 Å². The Morgan fingerprint density at radius 1 is 1.40 bits per heavy atom. The Balaban J connectivity index is 1.61. The quantitative estimate of drug-likeness (QED) is 0.618. The van der Waals surface area contributed by atoms with Crippen molar-refractivity contribution in [3.8, 4) is 0 Å². The monoisotopic (exact) mass is 290 g/mol. The van der Waals surface area contributed by atoms with E-state index in [0.717, 1.165) is 11.0 Å². The van der Waals surface area contributed by atoms with Crippen molar-refractivity contribution in [2.24, 2.45) is 0 Å². The number of thioether (sulfide) groups is 1. The largest absolute Gasteiger partial charge is 0.378 e. The van der Waals surface area contributed by atoms with E-state index in [9.17, 15) is 4.79 Å². The van der Waals surface area contributed by atoms with Crippen molar-refractivity contribution in [3.05, 3.63) is 24.3 Å². The average molecular weight is 290 g/mol. The van der Waals surface area contributed by atoms with Crippen molar-refractivity contribution in [2.45, 2.75) is 5.16 Å². The van der Waals surface area contributed by atoms with Gasteiger partial charge in [0.15, 0.2) is 5.16 Å². The summed E-state index contributed by atoms with van der Waals surface area (Å²) in [5.74, 6) is 0.0803. The van der Waals surface area contributed by atoms with Gasteiger partial charge in [-0.05, 0) is 22.4 Å². The van der Waals surface area contributed by atoms with Crippen LogP contribution >= 0.6 is 11.8 Å². The third kappa shape index (κ3) is 2.57. The summed E-state index contributed by atoms with van der Waals surface area (Å²) in [7, 11) is 0. The van der Waals surface area contributed by atoms with Crippen LogP contribution in [-0.4, -0.2) is 31.9 Å². The van der Waals surface area contributed by atoms with Gasteiger partial charge in [0.05, 0.1) is 16.8 Å². The molecule has 0 aliphatic carbocycles. The van der Waals surface area contributed by atoms with E-state index in [2.05, 4.69) is 30.2 Å². The molecule has 0 saturated carbocycles. The minimum atomic E-state index is -0.266. The molecule has 102 valence electrons. The minimum absolute atomic E-state index is 0.0482. The van der Waals surface area contributed by atoms with Gasteiger partial charge >= 0.3 is 0 Å². The molecule has 9 heteroatoms. The maximum Gasteiger partial charge on any atom is 0.236 e. The van der Waals surface area contributed by atoms with E-state index in [1.807, 2.05) is 24.3 Å². The summed E-state index contributed by atoms with van der Waals surface area (Å²) in [6, 6.07) is 7.65. The third-order valence-corrected chi connectivity index (χ3v) is 3.35. The number of fused-ring (bicyclic) bond motifs is 1. The molecule has 1 aromatic carbocycles. The van der Waals surface area contributed by atoms with Crippen LogP contribution in [0.1, 0.15) is 0 Å². The second-order valence-electron chi connectivity index (χ2n) is 3.89. The Labute approximate surface area is 117 Å². The van der Waals surface area contributed by atoms with Gasteiger partial charge in [-0.25, -0.2) is 9.61 Å². The molecule has 3 aromatic rings. The van der Waals surface area contributed by atoms with Crippen LogP contribution in [0.4, 0.5) is 11.6 Å². The molecule has 0 bridgehead atoms. The van der Waals surface area contributed by atoms with E-state index < -0.39 is 0 Å². The molecule has 4 N–H and O–H groups in total. The summed E-state index contributed by atoms with van der Waals surface area (Å²) in [4.78, 5) is 19.2. The van der Waals surface area contributed by atoms with Gasteiger partial charge in [-0.2, -0.15) is 0 Å². The standard InChI is InChI=1S/C11H10N6O2S/c12-9-10(17-19-16-9)15-8(18)5-20-11-13-6-3-1-2-4-7(6)14-11/h1-4H,5H2,(H2,12,16)(H,13,14)(H,15,17,18). The Morgan fingerprint density at radius 2 is 2.25 bits per heavy atom. The lowest BCUT2D eigenvalue weighted by atomic mass is 10.3. The highest BCUT2D eigenvalue weighted by Crippen LogP contribution is 2.19. The van der Waals surface area contributed by atoms with E-state index in [1.165, 1.54) is 11.8 Å². The summed E-state index contributed by atoms with van der Waals surface area (Å²) in [5, 5.41) is 10.0. The normalized spacial score (nSPS) is 10.8. The van der Waals surface area contributed by atoms with Gasteiger partial charge in [-0.3, -0.25) is 4.79 Å². The molecule has 0 saturated heterocycles. The summed E-state index contributed by atoms with van der Waals surface area (Å²) >= 11 is 1.28. The molecule has 8 nitrogen and oxygen atoms in total. The second kappa shape index (κ2) is 5.21. The van der Waals surface area contributed by atoms with Crippen molar-refractivity contribution in [2.75, 3.05) is 16.8 Å². The van der Waals surface area contributed by atoms with Crippen LogP contribution in [0.5, 0.6) is 0 Å². The number of amides is 1. The number of rotatable bonds is 4. The highest BCUT2D eigenvalue weighted by Gasteiger charge is 2.11. The molecule has 0 radical (unpaired) electrons. The fourth-order valence-electron chi connectivity index (χ4n) is 1.58. The lowest BCUT2D eigenvalue weighted by Crippen LogP contribution is -2.15. The number of anilines is 2. The van der Waals surface area contributed by atoms with Gasteiger partial charge in [0.1, 0.15) is 0 Å². The number of benzene rings is 1. The molecule has 0 fully saturated rings. The first-order valence-corrected chi connectivity index (χ1v) is 6.66. The first-order chi connectivity index (χ1) is 9.72. The van der Waals surface area contributed by atoms with Gasteiger partial charge in [-0.1, -0.05) is 23.9 Å². The fourth-order valence-corrected chi connectivity index (χ4v) is 2.27. The lowest BCUT2D eigenvalue weighted by Gasteiger charge is -1.99. The number of nitrogens with two attached hydrogens (primary N) is 1. The van der Waals surface area contributed by atoms with Crippen LogP contribution in [-0.2, 0) is 4.79 Å². The van der Waals surface area contributed by atoms with Crippen molar-refractivity contribution >= 4 is 40.3 Å². The number of hydrogen-bond acceptors (Lipinski definition) is 7. The number of nitrogen functional groups attached to an aromatic ring is 1.